The van der Waals surface area contributed by atoms with E-state index in [1.54, 1.807) is 6.20 Å². The summed E-state index contributed by atoms with van der Waals surface area (Å²) in [5.41, 5.74) is 6.04. The molecule has 0 saturated carbocycles. The maximum absolute atomic E-state index is 12.4. The molecule has 1 aromatic rings. The Kier molecular flexibility index (Phi) is 5.18. The second kappa shape index (κ2) is 6.90. The van der Waals surface area contributed by atoms with Crippen molar-refractivity contribution in [2.24, 2.45) is 5.73 Å². The van der Waals surface area contributed by atoms with Crippen LogP contribution in [0.2, 0.25) is 0 Å². The van der Waals surface area contributed by atoms with E-state index in [1.165, 1.54) is 21.3 Å². The lowest BCUT2D eigenvalue weighted by atomic mass is 10.2. The molecule has 1 aromatic heterocycles. The standard InChI is InChI=1S/C12H19N5O3S/c1-2-3-11-17(9(7-21-11)12(19)20)10(18)6-16-5-8(4-13)14-15-16/h5,9,11H,2-4,6-7,13H2,1H3,(H,19,20). The highest BCUT2D eigenvalue weighted by atomic mass is 32.2. The zero-order valence-electron chi connectivity index (χ0n) is 11.8. The first-order valence-electron chi connectivity index (χ1n) is 6.81. The van der Waals surface area contributed by atoms with Crippen LogP contribution in [0.5, 0.6) is 0 Å². The molecule has 1 aliphatic rings. The van der Waals surface area contributed by atoms with Crippen LogP contribution in [0.3, 0.4) is 0 Å². The number of carboxylic acid groups (broad SMARTS) is 1. The highest BCUT2D eigenvalue weighted by Gasteiger charge is 2.41. The summed E-state index contributed by atoms with van der Waals surface area (Å²) < 4.78 is 1.40. The Balaban J connectivity index is 2.10. The molecule has 0 radical (unpaired) electrons. The van der Waals surface area contributed by atoms with E-state index >= 15 is 0 Å². The average molecular weight is 313 g/mol. The Labute approximate surface area is 126 Å². The van der Waals surface area contributed by atoms with Crippen LogP contribution in [0, 0.1) is 0 Å². The van der Waals surface area contributed by atoms with E-state index in [0.29, 0.717) is 11.4 Å². The Morgan fingerprint density at radius 1 is 1.57 bits per heavy atom. The fraction of sp³-hybridized carbons (Fsp3) is 0.667. The van der Waals surface area contributed by atoms with Crippen molar-refractivity contribution in [1.29, 1.82) is 0 Å². The van der Waals surface area contributed by atoms with Crippen LogP contribution in [-0.4, -0.2) is 54.0 Å². The van der Waals surface area contributed by atoms with E-state index in [9.17, 15) is 14.7 Å². The van der Waals surface area contributed by atoms with Gasteiger partial charge in [-0.2, -0.15) is 0 Å². The number of carboxylic acids is 1. The van der Waals surface area contributed by atoms with Crippen LogP contribution in [0.1, 0.15) is 25.5 Å². The molecule has 0 aromatic carbocycles. The summed E-state index contributed by atoms with van der Waals surface area (Å²) >= 11 is 1.52. The number of aromatic nitrogens is 3. The van der Waals surface area contributed by atoms with Crippen molar-refractivity contribution >= 4 is 23.6 Å². The number of carbonyl (C=O) groups excluding carboxylic acids is 1. The van der Waals surface area contributed by atoms with Gasteiger partial charge in [-0.15, -0.1) is 16.9 Å². The highest BCUT2D eigenvalue weighted by Crippen LogP contribution is 2.32. The molecule has 2 rings (SSSR count). The van der Waals surface area contributed by atoms with Crippen molar-refractivity contribution in [2.45, 2.75) is 44.3 Å². The molecule has 2 unspecified atom stereocenters. The lowest BCUT2D eigenvalue weighted by Crippen LogP contribution is -2.47. The second-order valence-electron chi connectivity index (χ2n) is 4.84. The molecule has 1 saturated heterocycles. The molecule has 8 nitrogen and oxygen atoms in total. The predicted octanol–water partition coefficient (Wildman–Crippen LogP) is -0.108. The number of hydrogen-bond donors (Lipinski definition) is 2. The summed E-state index contributed by atoms with van der Waals surface area (Å²) in [4.78, 5) is 25.2. The fourth-order valence-electron chi connectivity index (χ4n) is 2.29. The molecule has 1 aliphatic heterocycles. The Morgan fingerprint density at radius 2 is 2.33 bits per heavy atom. The zero-order valence-corrected chi connectivity index (χ0v) is 12.6. The van der Waals surface area contributed by atoms with Crippen LogP contribution in [0.4, 0.5) is 0 Å². The average Bonchev–Trinajstić information content (AvgIpc) is 3.05. The van der Waals surface area contributed by atoms with E-state index < -0.39 is 12.0 Å². The van der Waals surface area contributed by atoms with Crippen molar-refractivity contribution < 1.29 is 14.7 Å². The monoisotopic (exact) mass is 313 g/mol. The molecular formula is C12H19N5O3S. The van der Waals surface area contributed by atoms with Gasteiger partial charge in [-0.3, -0.25) is 4.79 Å². The van der Waals surface area contributed by atoms with E-state index in [-0.39, 0.29) is 24.4 Å². The van der Waals surface area contributed by atoms with Gasteiger partial charge < -0.3 is 15.7 Å². The molecule has 1 fully saturated rings. The van der Waals surface area contributed by atoms with Crippen LogP contribution >= 0.6 is 11.8 Å². The molecule has 0 spiro atoms. The number of aliphatic carboxylic acids is 1. The van der Waals surface area contributed by atoms with Gasteiger partial charge >= 0.3 is 5.97 Å². The maximum atomic E-state index is 12.4. The van der Waals surface area contributed by atoms with Crippen molar-refractivity contribution in [3.05, 3.63) is 11.9 Å². The first-order chi connectivity index (χ1) is 10.1. The van der Waals surface area contributed by atoms with E-state index in [1.807, 2.05) is 6.92 Å². The summed E-state index contributed by atoms with van der Waals surface area (Å²) in [5.74, 6) is -0.785. The van der Waals surface area contributed by atoms with Crippen molar-refractivity contribution in [1.82, 2.24) is 19.9 Å². The maximum Gasteiger partial charge on any atom is 0.327 e. The predicted molar refractivity (Wildman–Crippen MR) is 77.3 cm³/mol. The third-order valence-electron chi connectivity index (χ3n) is 3.29. The van der Waals surface area contributed by atoms with Crippen LogP contribution < -0.4 is 5.73 Å². The molecule has 1 amide bonds. The first-order valence-corrected chi connectivity index (χ1v) is 7.86. The summed E-state index contributed by atoms with van der Waals surface area (Å²) in [7, 11) is 0. The lowest BCUT2D eigenvalue weighted by Gasteiger charge is -2.27. The van der Waals surface area contributed by atoms with E-state index in [0.717, 1.165) is 12.8 Å². The van der Waals surface area contributed by atoms with Gasteiger partial charge in [-0.05, 0) is 6.42 Å². The van der Waals surface area contributed by atoms with Gasteiger partial charge in [0, 0.05) is 12.3 Å². The largest absolute Gasteiger partial charge is 0.480 e. The topological polar surface area (TPSA) is 114 Å². The highest BCUT2D eigenvalue weighted by molar-refractivity contribution is 8.00. The van der Waals surface area contributed by atoms with Gasteiger partial charge in [0.25, 0.3) is 0 Å². The molecule has 21 heavy (non-hydrogen) atoms. The van der Waals surface area contributed by atoms with Gasteiger partial charge in [0.05, 0.1) is 17.3 Å². The van der Waals surface area contributed by atoms with Crippen LogP contribution in [0.25, 0.3) is 0 Å². The number of nitrogens with two attached hydrogens (primary N) is 1. The summed E-state index contributed by atoms with van der Waals surface area (Å²) in [6.45, 7) is 2.25. The SMILES string of the molecule is CCCC1SCC(C(=O)O)N1C(=O)Cn1cc(CN)nn1. The minimum absolute atomic E-state index is 0.0163. The summed E-state index contributed by atoms with van der Waals surface area (Å²) in [5, 5.41) is 16.8. The van der Waals surface area contributed by atoms with Crippen LogP contribution in [-0.2, 0) is 22.7 Å². The number of thioether (sulfide) groups is 1. The summed E-state index contributed by atoms with van der Waals surface area (Å²) in [6.07, 6.45) is 3.28. The first kappa shape index (κ1) is 15.8. The lowest BCUT2D eigenvalue weighted by molar-refractivity contribution is -0.149. The molecule has 2 atom stereocenters. The van der Waals surface area contributed by atoms with Crippen molar-refractivity contribution in [3.63, 3.8) is 0 Å². The van der Waals surface area contributed by atoms with Gasteiger partial charge in [-0.1, -0.05) is 18.6 Å². The quantitative estimate of drug-likeness (QED) is 0.753. The number of carbonyl (C=O) groups is 2. The third kappa shape index (κ3) is 3.53. The minimum Gasteiger partial charge on any atom is -0.480 e. The van der Waals surface area contributed by atoms with Crippen molar-refractivity contribution in [2.75, 3.05) is 5.75 Å². The smallest absolute Gasteiger partial charge is 0.327 e. The molecule has 116 valence electrons. The Morgan fingerprint density at radius 3 is 2.90 bits per heavy atom. The molecule has 9 heteroatoms. The number of nitrogens with zero attached hydrogens (tertiary/aromatic N) is 4. The van der Waals surface area contributed by atoms with Gasteiger partial charge in [-0.25, -0.2) is 9.48 Å². The van der Waals surface area contributed by atoms with Gasteiger partial charge in [0.1, 0.15) is 12.6 Å². The van der Waals surface area contributed by atoms with Gasteiger partial charge in [0.15, 0.2) is 0 Å². The van der Waals surface area contributed by atoms with E-state index in [4.69, 9.17) is 5.73 Å². The minimum atomic E-state index is -0.962. The number of hydrogen-bond acceptors (Lipinski definition) is 6. The number of amides is 1. The molecule has 3 N–H and O–H groups in total. The summed E-state index contributed by atoms with van der Waals surface area (Å²) in [6, 6.07) is -0.767. The molecule has 0 aliphatic carbocycles. The van der Waals surface area contributed by atoms with Crippen LogP contribution in [0.15, 0.2) is 6.20 Å². The third-order valence-corrected chi connectivity index (χ3v) is 4.65. The number of rotatable bonds is 6. The Bertz CT molecular complexity index is 521. The molecule has 0 bridgehead atoms. The second-order valence-corrected chi connectivity index (χ2v) is 6.05. The van der Waals surface area contributed by atoms with Crippen molar-refractivity contribution in [3.8, 4) is 0 Å². The molecular weight excluding hydrogens is 294 g/mol. The normalized spacial score (nSPS) is 21.7. The zero-order chi connectivity index (χ0) is 15.4. The Hall–Kier alpha value is -1.61. The molecule has 2 heterocycles. The van der Waals surface area contributed by atoms with E-state index in [2.05, 4.69) is 10.3 Å². The van der Waals surface area contributed by atoms with Gasteiger partial charge in [0.2, 0.25) is 5.91 Å². The fourth-order valence-corrected chi connectivity index (χ4v) is 3.82.